The molecule has 0 saturated carbocycles. The number of fused-ring (bicyclic) bond motifs is 1. The van der Waals surface area contributed by atoms with Gasteiger partial charge in [0.05, 0.1) is 17.5 Å². The topological polar surface area (TPSA) is 79.5 Å². The molecule has 8 heteroatoms. The maximum absolute atomic E-state index is 12.8. The highest BCUT2D eigenvalue weighted by atomic mass is 19.4. The van der Waals surface area contributed by atoms with Crippen molar-refractivity contribution >= 4 is 22.6 Å². The van der Waals surface area contributed by atoms with Crippen LogP contribution in [-0.4, -0.2) is 11.0 Å². The van der Waals surface area contributed by atoms with Crippen molar-refractivity contribution in [1.82, 2.24) is 0 Å². The van der Waals surface area contributed by atoms with Gasteiger partial charge in [0, 0.05) is 17.1 Å². The second-order valence-corrected chi connectivity index (χ2v) is 5.98. The largest absolute Gasteiger partial charge is 0.508 e. The highest BCUT2D eigenvalue weighted by molar-refractivity contribution is 5.93. The fourth-order valence-corrected chi connectivity index (χ4v) is 2.73. The first-order chi connectivity index (χ1) is 12.6. The van der Waals surface area contributed by atoms with Crippen LogP contribution >= 0.6 is 0 Å². The number of phenolic OH excluding ortho intramolecular Hbond substituents is 1. The SMILES string of the molecule is Cc1c(CC(=O)Nc2cccc(C(F)(F)F)c2)c(=O)oc2cc(O)ccc12. The van der Waals surface area contributed by atoms with E-state index in [1.165, 1.54) is 24.3 Å². The van der Waals surface area contributed by atoms with Gasteiger partial charge in [0.1, 0.15) is 11.3 Å². The highest BCUT2D eigenvalue weighted by Gasteiger charge is 2.30. The van der Waals surface area contributed by atoms with Crippen LogP contribution in [0.3, 0.4) is 0 Å². The molecule has 0 aliphatic carbocycles. The van der Waals surface area contributed by atoms with E-state index in [4.69, 9.17) is 4.42 Å². The molecule has 3 rings (SSSR count). The van der Waals surface area contributed by atoms with E-state index >= 15 is 0 Å². The lowest BCUT2D eigenvalue weighted by molar-refractivity contribution is -0.137. The van der Waals surface area contributed by atoms with Crippen LogP contribution in [-0.2, 0) is 17.4 Å². The Kier molecular flexibility index (Phi) is 4.65. The van der Waals surface area contributed by atoms with Crippen LogP contribution in [0.4, 0.5) is 18.9 Å². The number of anilines is 1. The quantitative estimate of drug-likeness (QED) is 0.676. The van der Waals surface area contributed by atoms with Gasteiger partial charge in [-0.2, -0.15) is 13.2 Å². The zero-order chi connectivity index (χ0) is 19.8. The lowest BCUT2D eigenvalue weighted by Crippen LogP contribution is -2.21. The molecule has 0 radical (unpaired) electrons. The lowest BCUT2D eigenvalue weighted by Gasteiger charge is -2.11. The minimum atomic E-state index is -4.53. The summed E-state index contributed by atoms with van der Waals surface area (Å²) in [4.78, 5) is 24.4. The summed E-state index contributed by atoms with van der Waals surface area (Å²) < 4.78 is 43.4. The van der Waals surface area contributed by atoms with Gasteiger partial charge in [-0.1, -0.05) is 6.07 Å². The lowest BCUT2D eigenvalue weighted by atomic mass is 10.0. The standard InChI is InChI=1S/C19H14F3NO4/c1-10-14-6-5-13(24)8-16(14)27-18(26)15(10)9-17(25)23-12-4-2-3-11(7-12)19(20,21)22/h2-8,24H,9H2,1H3,(H,23,25). The summed E-state index contributed by atoms with van der Waals surface area (Å²) in [6.07, 6.45) is -4.89. The molecule has 1 heterocycles. The molecule has 0 atom stereocenters. The molecule has 0 fully saturated rings. The first-order valence-corrected chi connectivity index (χ1v) is 7.87. The molecule has 2 aromatic carbocycles. The van der Waals surface area contributed by atoms with Gasteiger partial charge < -0.3 is 14.8 Å². The van der Waals surface area contributed by atoms with Crippen LogP contribution in [0, 0.1) is 6.92 Å². The number of nitrogens with one attached hydrogen (secondary N) is 1. The Morgan fingerprint density at radius 3 is 2.63 bits per heavy atom. The van der Waals surface area contributed by atoms with Gasteiger partial charge in [-0.3, -0.25) is 4.79 Å². The predicted octanol–water partition coefficient (Wildman–Crippen LogP) is 4.01. The molecule has 0 aliphatic rings. The molecule has 5 nitrogen and oxygen atoms in total. The van der Waals surface area contributed by atoms with Crippen LogP contribution in [0.2, 0.25) is 0 Å². The number of hydrogen-bond acceptors (Lipinski definition) is 4. The zero-order valence-corrected chi connectivity index (χ0v) is 14.1. The Labute approximate surface area is 151 Å². The highest BCUT2D eigenvalue weighted by Crippen LogP contribution is 2.30. The van der Waals surface area contributed by atoms with Crippen molar-refractivity contribution in [3.05, 3.63) is 69.6 Å². The maximum atomic E-state index is 12.8. The number of alkyl halides is 3. The Morgan fingerprint density at radius 1 is 1.19 bits per heavy atom. The molecule has 27 heavy (non-hydrogen) atoms. The molecule has 0 aliphatic heterocycles. The van der Waals surface area contributed by atoms with Crippen molar-refractivity contribution in [3.8, 4) is 5.75 Å². The van der Waals surface area contributed by atoms with Gasteiger partial charge in [0.2, 0.25) is 5.91 Å². The van der Waals surface area contributed by atoms with Crippen molar-refractivity contribution in [2.45, 2.75) is 19.5 Å². The molecule has 140 valence electrons. The van der Waals surface area contributed by atoms with E-state index in [9.17, 15) is 27.9 Å². The molecule has 0 saturated heterocycles. The van der Waals surface area contributed by atoms with Crippen molar-refractivity contribution in [2.75, 3.05) is 5.32 Å². The summed E-state index contributed by atoms with van der Waals surface area (Å²) in [6, 6.07) is 8.48. The van der Waals surface area contributed by atoms with Crippen LogP contribution in [0.15, 0.2) is 51.7 Å². The number of rotatable bonds is 3. The van der Waals surface area contributed by atoms with Gasteiger partial charge >= 0.3 is 11.8 Å². The summed E-state index contributed by atoms with van der Waals surface area (Å²) in [6.45, 7) is 1.63. The average Bonchev–Trinajstić information content (AvgIpc) is 2.58. The third kappa shape index (κ3) is 3.94. The molecule has 1 aromatic heterocycles. The van der Waals surface area contributed by atoms with E-state index in [1.807, 2.05) is 0 Å². The van der Waals surface area contributed by atoms with Gasteiger partial charge in [-0.15, -0.1) is 0 Å². The normalized spacial score (nSPS) is 11.6. The van der Waals surface area contributed by atoms with E-state index in [0.717, 1.165) is 12.1 Å². The average molecular weight is 377 g/mol. The maximum Gasteiger partial charge on any atom is 0.416 e. The summed E-state index contributed by atoms with van der Waals surface area (Å²) in [5.41, 5.74) is -0.883. The number of amides is 1. The smallest absolute Gasteiger partial charge is 0.416 e. The van der Waals surface area contributed by atoms with E-state index in [0.29, 0.717) is 10.9 Å². The zero-order valence-electron chi connectivity index (χ0n) is 14.1. The van der Waals surface area contributed by atoms with E-state index in [1.54, 1.807) is 13.0 Å². The number of aryl methyl sites for hydroxylation is 1. The Morgan fingerprint density at radius 2 is 1.93 bits per heavy atom. The van der Waals surface area contributed by atoms with Gasteiger partial charge in [-0.05, 0) is 42.8 Å². The molecular weight excluding hydrogens is 363 g/mol. The number of aromatic hydroxyl groups is 1. The third-order valence-corrected chi connectivity index (χ3v) is 4.08. The Hall–Kier alpha value is -3.29. The molecule has 1 amide bonds. The van der Waals surface area contributed by atoms with Gasteiger partial charge in [-0.25, -0.2) is 4.79 Å². The first kappa shape index (κ1) is 18.5. The van der Waals surface area contributed by atoms with Crippen molar-refractivity contribution in [2.24, 2.45) is 0 Å². The summed E-state index contributed by atoms with van der Waals surface area (Å²) in [5.74, 6) is -0.719. The number of phenols is 1. The van der Waals surface area contributed by atoms with E-state index < -0.39 is 23.3 Å². The second-order valence-electron chi connectivity index (χ2n) is 5.98. The summed E-state index contributed by atoms with van der Waals surface area (Å²) in [7, 11) is 0. The molecule has 2 N–H and O–H groups in total. The third-order valence-electron chi connectivity index (χ3n) is 4.08. The molecule has 0 unspecified atom stereocenters. The molecule has 3 aromatic rings. The number of carbonyl (C=O) groups excluding carboxylic acids is 1. The fourth-order valence-electron chi connectivity index (χ4n) is 2.73. The second kappa shape index (κ2) is 6.79. The van der Waals surface area contributed by atoms with Crippen molar-refractivity contribution < 1.29 is 27.5 Å². The van der Waals surface area contributed by atoms with Crippen LogP contribution < -0.4 is 10.9 Å². The molecule has 0 spiro atoms. The number of halogens is 3. The Bertz CT molecular complexity index is 1090. The van der Waals surface area contributed by atoms with Gasteiger partial charge in [0.15, 0.2) is 0 Å². The fraction of sp³-hybridized carbons (Fsp3) is 0.158. The Balaban J connectivity index is 1.87. The minimum absolute atomic E-state index is 0.0254. The predicted molar refractivity (Wildman–Crippen MR) is 92.7 cm³/mol. The number of benzene rings is 2. The van der Waals surface area contributed by atoms with Crippen molar-refractivity contribution in [3.63, 3.8) is 0 Å². The summed E-state index contributed by atoms with van der Waals surface area (Å²) in [5, 5.41) is 12.4. The van der Waals surface area contributed by atoms with Crippen LogP contribution in [0.1, 0.15) is 16.7 Å². The number of hydrogen-bond donors (Lipinski definition) is 2. The van der Waals surface area contributed by atoms with Crippen LogP contribution in [0.25, 0.3) is 11.0 Å². The van der Waals surface area contributed by atoms with Crippen molar-refractivity contribution in [1.29, 1.82) is 0 Å². The van der Waals surface area contributed by atoms with E-state index in [2.05, 4.69) is 5.32 Å². The van der Waals surface area contributed by atoms with Crippen LogP contribution in [0.5, 0.6) is 5.75 Å². The molecule has 0 bridgehead atoms. The summed E-state index contributed by atoms with van der Waals surface area (Å²) >= 11 is 0. The van der Waals surface area contributed by atoms with Gasteiger partial charge in [0.25, 0.3) is 0 Å². The molecular formula is C19H14F3NO4. The monoisotopic (exact) mass is 377 g/mol. The number of carbonyl (C=O) groups is 1. The van der Waals surface area contributed by atoms with E-state index in [-0.39, 0.29) is 29.0 Å². The first-order valence-electron chi connectivity index (χ1n) is 7.87. The minimum Gasteiger partial charge on any atom is -0.508 e.